The van der Waals surface area contributed by atoms with Gasteiger partial charge >= 0.3 is 0 Å². The van der Waals surface area contributed by atoms with Crippen LogP contribution in [0.2, 0.25) is 0 Å². The van der Waals surface area contributed by atoms with Gasteiger partial charge in [0.1, 0.15) is 0 Å². The van der Waals surface area contributed by atoms with Crippen LogP contribution in [0.1, 0.15) is 40.5 Å². The molecule has 1 amide bonds. The van der Waals surface area contributed by atoms with E-state index in [9.17, 15) is 4.79 Å². The van der Waals surface area contributed by atoms with Gasteiger partial charge in [0.05, 0.1) is 11.4 Å². The Kier molecular flexibility index (Phi) is 3.48. The molecular formula is C14H15BrN4O. The van der Waals surface area contributed by atoms with Gasteiger partial charge in [0.2, 0.25) is 0 Å². The number of aromatic nitrogens is 2. The lowest BCUT2D eigenvalue weighted by Crippen LogP contribution is -2.24. The lowest BCUT2D eigenvalue weighted by molar-refractivity contribution is 0.0946. The first kappa shape index (κ1) is 13.2. The third-order valence-corrected chi connectivity index (χ3v) is 4.20. The zero-order valence-corrected chi connectivity index (χ0v) is 12.4. The number of nitrogens with two attached hydrogens (primary N) is 1. The van der Waals surface area contributed by atoms with E-state index in [0.29, 0.717) is 23.8 Å². The van der Waals surface area contributed by atoms with E-state index < -0.39 is 0 Å². The van der Waals surface area contributed by atoms with Crippen molar-refractivity contribution in [3.63, 3.8) is 0 Å². The van der Waals surface area contributed by atoms with Gasteiger partial charge in [-0.05, 0) is 24.5 Å². The predicted octanol–water partition coefficient (Wildman–Crippen LogP) is 2.56. The van der Waals surface area contributed by atoms with Gasteiger partial charge in [0, 0.05) is 16.9 Å². The monoisotopic (exact) mass is 334 g/mol. The fraction of sp³-hybridized carbons (Fsp3) is 0.286. The zero-order chi connectivity index (χ0) is 14.1. The van der Waals surface area contributed by atoms with Gasteiger partial charge in [-0.25, -0.2) is 0 Å². The number of H-pyrrole nitrogens is 1. The van der Waals surface area contributed by atoms with E-state index in [1.807, 2.05) is 24.3 Å². The molecule has 1 aromatic carbocycles. The maximum atomic E-state index is 12.1. The Hall–Kier alpha value is -1.82. The molecule has 1 saturated carbocycles. The molecule has 0 spiro atoms. The fourth-order valence-electron chi connectivity index (χ4n) is 2.12. The number of amides is 1. The van der Waals surface area contributed by atoms with E-state index in [1.54, 1.807) is 0 Å². The first-order chi connectivity index (χ1) is 9.66. The summed E-state index contributed by atoms with van der Waals surface area (Å²) in [6, 6.07) is 7.76. The van der Waals surface area contributed by atoms with Crippen LogP contribution in [0.4, 0.5) is 5.69 Å². The topological polar surface area (TPSA) is 83.8 Å². The predicted molar refractivity (Wildman–Crippen MR) is 80.3 cm³/mol. The minimum absolute atomic E-state index is 0.249. The molecule has 5 nitrogen and oxygen atoms in total. The molecule has 0 aliphatic heterocycles. The minimum Gasteiger partial charge on any atom is -0.395 e. The SMILES string of the molecule is Nc1c(C(=O)NCc2ccccc2Br)n[nH]c1C1CC1. The van der Waals surface area contributed by atoms with Gasteiger partial charge in [0.15, 0.2) is 5.69 Å². The Balaban J connectivity index is 1.69. The molecule has 1 aliphatic carbocycles. The average Bonchev–Trinajstić information content (AvgIpc) is 3.21. The number of nitrogens with zero attached hydrogens (tertiary/aromatic N) is 1. The van der Waals surface area contributed by atoms with Gasteiger partial charge in [0.25, 0.3) is 5.91 Å². The van der Waals surface area contributed by atoms with Crippen molar-refractivity contribution in [1.29, 1.82) is 0 Å². The van der Waals surface area contributed by atoms with Crippen LogP contribution in [0.25, 0.3) is 0 Å². The van der Waals surface area contributed by atoms with Crippen molar-refractivity contribution >= 4 is 27.5 Å². The Morgan fingerprint density at radius 1 is 1.45 bits per heavy atom. The highest BCUT2D eigenvalue weighted by molar-refractivity contribution is 9.10. The number of nitrogens with one attached hydrogen (secondary N) is 2. The molecule has 104 valence electrons. The summed E-state index contributed by atoms with van der Waals surface area (Å²) in [6.07, 6.45) is 2.23. The van der Waals surface area contributed by atoms with Crippen molar-refractivity contribution in [3.8, 4) is 0 Å². The molecule has 20 heavy (non-hydrogen) atoms. The van der Waals surface area contributed by atoms with Crippen LogP contribution < -0.4 is 11.1 Å². The molecule has 3 rings (SSSR count). The zero-order valence-electron chi connectivity index (χ0n) is 10.8. The summed E-state index contributed by atoms with van der Waals surface area (Å²) in [5, 5.41) is 9.76. The second-order valence-corrected chi connectivity index (χ2v) is 5.80. The maximum Gasteiger partial charge on any atom is 0.274 e. The molecule has 1 aromatic heterocycles. The quantitative estimate of drug-likeness (QED) is 0.803. The normalized spacial score (nSPS) is 14.2. The first-order valence-corrected chi connectivity index (χ1v) is 7.31. The number of hydrogen-bond donors (Lipinski definition) is 3. The molecular weight excluding hydrogens is 320 g/mol. The van der Waals surface area contributed by atoms with Crippen molar-refractivity contribution in [2.75, 3.05) is 5.73 Å². The highest BCUT2D eigenvalue weighted by Crippen LogP contribution is 2.42. The number of rotatable bonds is 4. The molecule has 0 bridgehead atoms. The summed E-state index contributed by atoms with van der Waals surface area (Å²) in [7, 11) is 0. The molecule has 1 aliphatic rings. The lowest BCUT2D eigenvalue weighted by atomic mass is 10.2. The number of carbonyl (C=O) groups excluding carboxylic acids is 1. The highest BCUT2D eigenvalue weighted by Gasteiger charge is 2.30. The van der Waals surface area contributed by atoms with Crippen LogP contribution in [0.5, 0.6) is 0 Å². The van der Waals surface area contributed by atoms with E-state index in [4.69, 9.17) is 5.73 Å². The van der Waals surface area contributed by atoms with Crippen LogP contribution in [0.3, 0.4) is 0 Å². The van der Waals surface area contributed by atoms with Crippen LogP contribution in [0, 0.1) is 0 Å². The molecule has 2 aromatic rings. The Labute approximate surface area is 125 Å². The van der Waals surface area contributed by atoms with Crippen LogP contribution in [-0.4, -0.2) is 16.1 Å². The summed E-state index contributed by atoms with van der Waals surface area (Å²) in [5.41, 5.74) is 8.66. The number of nitrogen functional groups attached to an aromatic ring is 1. The van der Waals surface area contributed by atoms with Gasteiger partial charge in [-0.3, -0.25) is 9.89 Å². The number of aromatic amines is 1. The number of carbonyl (C=O) groups is 1. The molecule has 0 radical (unpaired) electrons. The van der Waals surface area contributed by atoms with Crippen molar-refractivity contribution in [2.24, 2.45) is 0 Å². The third-order valence-electron chi connectivity index (χ3n) is 3.43. The van der Waals surface area contributed by atoms with Crippen molar-refractivity contribution in [3.05, 3.63) is 45.7 Å². The molecule has 1 fully saturated rings. The largest absolute Gasteiger partial charge is 0.395 e. The van der Waals surface area contributed by atoms with E-state index in [0.717, 1.165) is 28.6 Å². The molecule has 1 heterocycles. The standard InChI is InChI=1S/C14H15BrN4O/c15-10-4-2-1-3-9(10)7-17-14(20)13-11(16)12(18-19-13)8-5-6-8/h1-4,8H,5-7,16H2,(H,17,20)(H,18,19). The second kappa shape index (κ2) is 5.28. The third kappa shape index (κ3) is 2.56. The second-order valence-electron chi connectivity index (χ2n) is 4.95. The molecule has 4 N–H and O–H groups in total. The summed E-state index contributed by atoms with van der Waals surface area (Å²) in [4.78, 5) is 12.1. The summed E-state index contributed by atoms with van der Waals surface area (Å²) >= 11 is 3.45. The summed E-state index contributed by atoms with van der Waals surface area (Å²) < 4.78 is 0.967. The van der Waals surface area contributed by atoms with Crippen molar-refractivity contribution < 1.29 is 4.79 Å². The summed E-state index contributed by atoms with van der Waals surface area (Å²) in [6.45, 7) is 0.436. The van der Waals surface area contributed by atoms with E-state index in [2.05, 4.69) is 31.4 Å². The number of anilines is 1. The smallest absolute Gasteiger partial charge is 0.274 e. The minimum atomic E-state index is -0.249. The highest BCUT2D eigenvalue weighted by atomic mass is 79.9. The van der Waals surface area contributed by atoms with Crippen LogP contribution >= 0.6 is 15.9 Å². The number of benzene rings is 1. The molecule has 0 atom stereocenters. The molecule has 6 heteroatoms. The number of halogens is 1. The summed E-state index contributed by atoms with van der Waals surface area (Å²) in [5.74, 6) is 0.203. The average molecular weight is 335 g/mol. The lowest BCUT2D eigenvalue weighted by Gasteiger charge is -2.06. The molecule has 0 saturated heterocycles. The first-order valence-electron chi connectivity index (χ1n) is 6.52. The van der Waals surface area contributed by atoms with Gasteiger partial charge < -0.3 is 11.1 Å². The maximum absolute atomic E-state index is 12.1. The van der Waals surface area contributed by atoms with Crippen molar-refractivity contribution in [2.45, 2.75) is 25.3 Å². The van der Waals surface area contributed by atoms with Gasteiger partial charge in [-0.2, -0.15) is 5.10 Å². The van der Waals surface area contributed by atoms with Gasteiger partial charge in [-0.15, -0.1) is 0 Å². The van der Waals surface area contributed by atoms with E-state index in [-0.39, 0.29) is 5.91 Å². The van der Waals surface area contributed by atoms with E-state index >= 15 is 0 Å². The Morgan fingerprint density at radius 3 is 2.90 bits per heavy atom. The van der Waals surface area contributed by atoms with Gasteiger partial charge in [-0.1, -0.05) is 34.1 Å². The van der Waals surface area contributed by atoms with Crippen LogP contribution in [-0.2, 0) is 6.54 Å². The number of hydrogen-bond acceptors (Lipinski definition) is 3. The Bertz CT molecular complexity index is 648. The van der Waals surface area contributed by atoms with Crippen LogP contribution in [0.15, 0.2) is 28.7 Å². The fourth-order valence-corrected chi connectivity index (χ4v) is 2.55. The van der Waals surface area contributed by atoms with Crippen molar-refractivity contribution in [1.82, 2.24) is 15.5 Å². The molecule has 0 unspecified atom stereocenters. The van der Waals surface area contributed by atoms with E-state index in [1.165, 1.54) is 0 Å². The Morgan fingerprint density at radius 2 is 2.20 bits per heavy atom.